The number of benzene rings is 1. The Morgan fingerprint density at radius 3 is 3.06 bits per heavy atom. The summed E-state index contributed by atoms with van der Waals surface area (Å²) in [5.74, 6) is -0.361. The van der Waals surface area contributed by atoms with Crippen molar-refractivity contribution in [1.82, 2.24) is 0 Å². The summed E-state index contributed by atoms with van der Waals surface area (Å²) in [6.07, 6.45) is 2.04. The van der Waals surface area contributed by atoms with Gasteiger partial charge in [0.1, 0.15) is 6.61 Å². The fourth-order valence-electron chi connectivity index (χ4n) is 1.70. The lowest BCUT2D eigenvalue weighted by Crippen LogP contribution is -2.17. The summed E-state index contributed by atoms with van der Waals surface area (Å²) in [6, 6.07) is 5.01. The van der Waals surface area contributed by atoms with Crippen molar-refractivity contribution in [3.63, 3.8) is 0 Å². The van der Waals surface area contributed by atoms with E-state index in [1.54, 1.807) is 18.2 Å². The molecule has 5 heteroatoms. The van der Waals surface area contributed by atoms with E-state index in [0.717, 1.165) is 23.9 Å². The van der Waals surface area contributed by atoms with Gasteiger partial charge in [0.05, 0.1) is 11.7 Å². The van der Waals surface area contributed by atoms with Gasteiger partial charge in [-0.05, 0) is 47.0 Å². The zero-order valence-corrected chi connectivity index (χ0v) is 10.9. The lowest BCUT2D eigenvalue weighted by molar-refractivity contribution is 0.0161. The molecule has 1 fully saturated rings. The summed E-state index contributed by atoms with van der Waals surface area (Å²) in [6.45, 7) is 1.07. The first-order chi connectivity index (χ1) is 8.16. The van der Waals surface area contributed by atoms with Crippen LogP contribution < -0.4 is 5.73 Å². The number of ether oxygens (including phenoxy) is 2. The Bertz CT molecular complexity index is 416. The minimum absolute atomic E-state index is 0.0479. The second-order valence-electron chi connectivity index (χ2n) is 3.97. The average Bonchev–Trinajstić information content (AvgIpc) is 2.82. The molecule has 1 heterocycles. The molecule has 1 aromatic carbocycles. The molecule has 0 aliphatic carbocycles. The van der Waals surface area contributed by atoms with E-state index in [1.807, 2.05) is 0 Å². The predicted molar refractivity (Wildman–Crippen MR) is 67.8 cm³/mol. The third kappa shape index (κ3) is 3.20. The van der Waals surface area contributed by atoms with Crippen molar-refractivity contribution in [3.05, 3.63) is 28.2 Å². The first-order valence-electron chi connectivity index (χ1n) is 5.50. The van der Waals surface area contributed by atoms with Gasteiger partial charge in [-0.15, -0.1) is 0 Å². The molecule has 0 saturated carbocycles. The van der Waals surface area contributed by atoms with E-state index >= 15 is 0 Å². The first kappa shape index (κ1) is 12.4. The number of carbonyl (C=O) groups excluding carboxylic acids is 1. The van der Waals surface area contributed by atoms with Gasteiger partial charge in [0.25, 0.3) is 0 Å². The number of hydrogen-bond acceptors (Lipinski definition) is 4. The number of carbonyl (C=O) groups is 1. The average molecular weight is 300 g/mol. The number of anilines is 1. The quantitative estimate of drug-likeness (QED) is 0.687. The molecule has 0 aromatic heterocycles. The zero-order valence-electron chi connectivity index (χ0n) is 9.32. The molecule has 1 aliphatic rings. The van der Waals surface area contributed by atoms with E-state index < -0.39 is 0 Å². The molecule has 1 aliphatic heterocycles. The van der Waals surface area contributed by atoms with Gasteiger partial charge < -0.3 is 15.2 Å². The normalized spacial score (nSPS) is 19.2. The van der Waals surface area contributed by atoms with Crippen LogP contribution in [0.3, 0.4) is 0 Å². The maximum absolute atomic E-state index is 11.7. The van der Waals surface area contributed by atoms with Crippen molar-refractivity contribution in [2.45, 2.75) is 18.9 Å². The van der Waals surface area contributed by atoms with Crippen molar-refractivity contribution in [3.8, 4) is 0 Å². The highest BCUT2D eigenvalue weighted by molar-refractivity contribution is 9.10. The molecule has 0 amide bonds. The molecule has 2 rings (SSSR count). The molecule has 92 valence electrons. The summed E-state index contributed by atoms with van der Waals surface area (Å²) in [5.41, 5.74) is 6.68. The Morgan fingerprint density at radius 1 is 1.59 bits per heavy atom. The Hall–Kier alpha value is -1.07. The highest BCUT2D eigenvalue weighted by Gasteiger charge is 2.18. The largest absolute Gasteiger partial charge is 0.459 e. The van der Waals surface area contributed by atoms with Crippen molar-refractivity contribution >= 4 is 27.6 Å². The van der Waals surface area contributed by atoms with E-state index in [9.17, 15) is 4.79 Å². The van der Waals surface area contributed by atoms with Crippen LogP contribution in [0.5, 0.6) is 0 Å². The van der Waals surface area contributed by atoms with E-state index in [-0.39, 0.29) is 12.1 Å². The van der Waals surface area contributed by atoms with E-state index in [1.165, 1.54) is 0 Å². The fraction of sp³-hybridized carbons (Fsp3) is 0.417. The van der Waals surface area contributed by atoms with Crippen LogP contribution >= 0.6 is 15.9 Å². The van der Waals surface area contributed by atoms with Crippen LogP contribution in [0, 0.1) is 0 Å². The maximum atomic E-state index is 11.7. The van der Waals surface area contributed by atoms with Gasteiger partial charge in [-0.25, -0.2) is 4.79 Å². The Morgan fingerprint density at radius 2 is 2.41 bits per heavy atom. The number of esters is 1. The number of hydrogen-bond donors (Lipinski definition) is 1. The lowest BCUT2D eigenvalue weighted by Gasteiger charge is -2.10. The number of halogens is 1. The third-order valence-corrected chi connectivity index (χ3v) is 3.38. The summed E-state index contributed by atoms with van der Waals surface area (Å²) in [7, 11) is 0. The lowest BCUT2D eigenvalue weighted by atomic mass is 10.2. The van der Waals surface area contributed by atoms with Gasteiger partial charge in [-0.1, -0.05) is 0 Å². The van der Waals surface area contributed by atoms with E-state index in [0.29, 0.717) is 17.9 Å². The Kier molecular flexibility index (Phi) is 4.02. The van der Waals surface area contributed by atoms with Gasteiger partial charge in [-0.3, -0.25) is 0 Å². The van der Waals surface area contributed by atoms with Crippen LogP contribution in [-0.2, 0) is 9.47 Å². The smallest absolute Gasteiger partial charge is 0.338 e. The van der Waals surface area contributed by atoms with Gasteiger partial charge in [-0.2, -0.15) is 0 Å². The molecule has 0 spiro atoms. The van der Waals surface area contributed by atoms with Crippen LogP contribution in [0.15, 0.2) is 22.7 Å². The van der Waals surface area contributed by atoms with Crippen LogP contribution in [0.4, 0.5) is 5.69 Å². The molecule has 4 nitrogen and oxygen atoms in total. The van der Waals surface area contributed by atoms with E-state index in [4.69, 9.17) is 15.2 Å². The highest BCUT2D eigenvalue weighted by Crippen LogP contribution is 2.21. The SMILES string of the molecule is Nc1cc(C(=O)OCC2CCCO2)ccc1Br. The topological polar surface area (TPSA) is 61.6 Å². The van der Waals surface area contributed by atoms with Crippen LogP contribution in [0.1, 0.15) is 23.2 Å². The monoisotopic (exact) mass is 299 g/mol. The van der Waals surface area contributed by atoms with Crippen molar-refractivity contribution in [2.75, 3.05) is 18.9 Å². The summed E-state index contributed by atoms with van der Waals surface area (Å²) in [4.78, 5) is 11.7. The van der Waals surface area contributed by atoms with Gasteiger partial charge in [0.15, 0.2) is 0 Å². The van der Waals surface area contributed by atoms with Crippen molar-refractivity contribution in [2.24, 2.45) is 0 Å². The minimum atomic E-state index is -0.361. The predicted octanol–water partition coefficient (Wildman–Crippen LogP) is 2.37. The van der Waals surface area contributed by atoms with E-state index in [2.05, 4.69) is 15.9 Å². The van der Waals surface area contributed by atoms with Gasteiger partial charge in [0, 0.05) is 16.8 Å². The molecule has 2 N–H and O–H groups in total. The zero-order chi connectivity index (χ0) is 12.3. The molecule has 1 unspecified atom stereocenters. The van der Waals surface area contributed by atoms with Gasteiger partial charge >= 0.3 is 5.97 Å². The molecule has 0 radical (unpaired) electrons. The van der Waals surface area contributed by atoms with Crippen LogP contribution in [0.25, 0.3) is 0 Å². The summed E-state index contributed by atoms with van der Waals surface area (Å²) in [5, 5.41) is 0. The second-order valence-corrected chi connectivity index (χ2v) is 4.82. The highest BCUT2D eigenvalue weighted by atomic mass is 79.9. The number of rotatable bonds is 3. The second kappa shape index (κ2) is 5.51. The minimum Gasteiger partial charge on any atom is -0.459 e. The third-order valence-electron chi connectivity index (χ3n) is 2.66. The summed E-state index contributed by atoms with van der Waals surface area (Å²) < 4.78 is 11.3. The number of nitrogens with two attached hydrogens (primary N) is 1. The molecule has 0 bridgehead atoms. The molecule has 1 aromatic rings. The molecule has 17 heavy (non-hydrogen) atoms. The molecule has 1 saturated heterocycles. The number of nitrogen functional groups attached to an aromatic ring is 1. The standard InChI is InChI=1S/C12H14BrNO3/c13-10-4-3-8(6-11(10)14)12(15)17-7-9-2-1-5-16-9/h3-4,6,9H,1-2,5,7,14H2. The fourth-order valence-corrected chi connectivity index (χ4v) is 1.95. The molecular weight excluding hydrogens is 286 g/mol. The first-order valence-corrected chi connectivity index (χ1v) is 6.30. The Balaban J connectivity index is 1.92. The van der Waals surface area contributed by atoms with Crippen molar-refractivity contribution < 1.29 is 14.3 Å². The maximum Gasteiger partial charge on any atom is 0.338 e. The van der Waals surface area contributed by atoms with Crippen molar-refractivity contribution in [1.29, 1.82) is 0 Å². The van der Waals surface area contributed by atoms with Crippen LogP contribution in [0.2, 0.25) is 0 Å². The summed E-state index contributed by atoms with van der Waals surface area (Å²) >= 11 is 3.27. The molecular formula is C12H14BrNO3. The molecule has 1 atom stereocenters. The van der Waals surface area contributed by atoms with Crippen LogP contribution in [-0.4, -0.2) is 25.3 Å². The van der Waals surface area contributed by atoms with Gasteiger partial charge in [0.2, 0.25) is 0 Å². The Labute approximate surface area is 108 Å².